The van der Waals surface area contributed by atoms with Gasteiger partial charge in [0.15, 0.2) is 0 Å². The van der Waals surface area contributed by atoms with Crippen LogP contribution in [0.2, 0.25) is 0 Å². The quantitative estimate of drug-likeness (QED) is 0.492. The minimum atomic E-state index is -0.396. The van der Waals surface area contributed by atoms with E-state index in [2.05, 4.69) is 37.9 Å². The van der Waals surface area contributed by atoms with E-state index in [4.69, 9.17) is 4.74 Å². The maximum Gasteiger partial charge on any atom is 0.130 e. The van der Waals surface area contributed by atoms with Crippen molar-refractivity contribution >= 4 is 18.9 Å². The van der Waals surface area contributed by atoms with Crippen molar-refractivity contribution in [3.05, 3.63) is 35.4 Å². The average Bonchev–Trinajstić information content (AvgIpc) is 2.48. The molecule has 22 heavy (non-hydrogen) atoms. The Kier molecular flexibility index (Phi) is 5.92. The van der Waals surface area contributed by atoms with E-state index >= 15 is 0 Å². The Morgan fingerprint density at radius 2 is 2.27 bits per heavy atom. The molecule has 2 unspecified atom stereocenters. The Bertz CT molecular complexity index is 526. The summed E-state index contributed by atoms with van der Waals surface area (Å²) in [5.41, 5.74) is 2.44. The van der Waals surface area contributed by atoms with Gasteiger partial charge >= 0.3 is 0 Å². The van der Waals surface area contributed by atoms with Crippen molar-refractivity contribution in [3.8, 4) is 5.75 Å². The second-order valence-corrected chi connectivity index (χ2v) is 6.88. The third kappa shape index (κ3) is 4.74. The molecule has 0 amide bonds. The van der Waals surface area contributed by atoms with E-state index < -0.39 is 4.16 Å². The summed E-state index contributed by atoms with van der Waals surface area (Å²) < 4.78 is 5.58. The molecular weight excluding hydrogens is 296 g/mol. The van der Waals surface area contributed by atoms with E-state index in [0.717, 1.165) is 31.7 Å². The molecule has 0 bridgehead atoms. The number of hydrogen-bond acceptors (Lipinski definition) is 4. The molecule has 0 spiro atoms. The standard InChI is InChI=1S/C17H27N2O2S/c1-4-6-16-11-17(9-8-14(16)2)21-13-15-7-5-10-18(12-15)19(3,20)22/h4,6,8-9,11,15,20,22H,5,7,10,12-13H2,1-3H3/q+1/b6-4-. The summed E-state index contributed by atoms with van der Waals surface area (Å²) in [5.74, 6) is 1.32. The normalized spacial score (nSPS) is 22.7. The van der Waals surface area contributed by atoms with Crippen molar-refractivity contribution in [3.63, 3.8) is 0 Å². The van der Waals surface area contributed by atoms with Gasteiger partial charge in [-0.25, -0.2) is 0 Å². The van der Waals surface area contributed by atoms with Crippen molar-refractivity contribution in [2.75, 3.05) is 26.7 Å². The molecule has 0 saturated carbocycles. The number of hydrogen-bond donors (Lipinski definition) is 2. The lowest BCUT2D eigenvalue weighted by Crippen LogP contribution is -2.53. The minimum absolute atomic E-state index is 0.396. The molecule has 2 atom stereocenters. The topological polar surface area (TPSA) is 32.7 Å². The average molecular weight is 323 g/mol. The first-order valence-corrected chi connectivity index (χ1v) is 8.23. The first-order chi connectivity index (χ1) is 10.4. The summed E-state index contributed by atoms with van der Waals surface area (Å²) in [7, 11) is 1.66. The highest BCUT2D eigenvalue weighted by Gasteiger charge is 2.32. The number of allylic oxidation sites excluding steroid dienone is 1. The lowest BCUT2D eigenvalue weighted by atomic mass is 10.0. The fraction of sp³-hybridized carbons (Fsp3) is 0.529. The first kappa shape index (κ1) is 17.3. The van der Waals surface area contributed by atoms with Crippen molar-refractivity contribution in [2.45, 2.75) is 26.7 Å². The van der Waals surface area contributed by atoms with E-state index in [1.807, 2.05) is 24.1 Å². The molecule has 122 valence electrons. The summed E-state index contributed by atoms with van der Waals surface area (Å²) in [5, 5.41) is 11.9. The molecular formula is C17H27N2O2S+. The summed E-state index contributed by atoms with van der Waals surface area (Å²) in [6, 6.07) is 6.20. The van der Waals surface area contributed by atoms with Crippen molar-refractivity contribution in [1.82, 2.24) is 5.01 Å². The van der Waals surface area contributed by atoms with Gasteiger partial charge in [-0.1, -0.05) is 22.4 Å². The maximum absolute atomic E-state index is 9.95. The second kappa shape index (κ2) is 7.51. The number of quaternary nitrogens is 1. The molecule has 2 rings (SSSR count). The Hall–Kier alpha value is -1.01. The predicted octanol–water partition coefficient (Wildman–Crippen LogP) is 3.71. The minimum Gasteiger partial charge on any atom is -0.493 e. The van der Waals surface area contributed by atoms with Gasteiger partial charge in [0.25, 0.3) is 0 Å². The molecule has 1 aromatic rings. The molecule has 1 aliphatic heterocycles. The Morgan fingerprint density at radius 3 is 2.95 bits per heavy atom. The van der Waals surface area contributed by atoms with Gasteiger partial charge in [-0.2, -0.15) is 5.21 Å². The van der Waals surface area contributed by atoms with Crippen LogP contribution in [0.25, 0.3) is 6.08 Å². The number of aryl methyl sites for hydroxylation is 1. The highest BCUT2D eigenvalue weighted by Crippen LogP contribution is 2.24. The number of ether oxygens (including phenoxy) is 1. The van der Waals surface area contributed by atoms with Crippen LogP contribution < -0.4 is 4.74 Å². The molecule has 1 N–H and O–H groups in total. The first-order valence-electron chi connectivity index (χ1n) is 7.83. The molecule has 1 aliphatic rings. The van der Waals surface area contributed by atoms with E-state index in [9.17, 15) is 5.21 Å². The SMILES string of the molecule is C/C=C\c1cc(OCC2CCCN([N+](C)(O)S)C2)ccc1C. The van der Waals surface area contributed by atoms with Gasteiger partial charge in [0.05, 0.1) is 19.7 Å². The van der Waals surface area contributed by atoms with Crippen LogP contribution in [0.15, 0.2) is 24.3 Å². The summed E-state index contributed by atoms with van der Waals surface area (Å²) in [6.45, 7) is 6.45. The molecule has 1 aromatic carbocycles. The zero-order valence-electron chi connectivity index (χ0n) is 13.7. The zero-order valence-corrected chi connectivity index (χ0v) is 14.6. The van der Waals surface area contributed by atoms with Gasteiger partial charge < -0.3 is 4.74 Å². The fourth-order valence-electron chi connectivity index (χ4n) is 2.80. The highest BCUT2D eigenvalue weighted by atomic mass is 32.1. The summed E-state index contributed by atoms with van der Waals surface area (Å²) >= 11 is 4.19. The van der Waals surface area contributed by atoms with Gasteiger partial charge in [0, 0.05) is 5.92 Å². The van der Waals surface area contributed by atoms with Gasteiger partial charge in [-0.05, 0) is 49.9 Å². The molecule has 4 nitrogen and oxygen atoms in total. The van der Waals surface area contributed by atoms with Crippen LogP contribution in [0.5, 0.6) is 5.75 Å². The van der Waals surface area contributed by atoms with Crippen molar-refractivity contribution in [2.24, 2.45) is 5.92 Å². The molecule has 1 heterocycles. The smallest absolute Gasteiger partial charge is 0.130 e. The van der Waals surface area contributed by atoms with Crippen LogP contribution >= 0.6 is 12.8 Å². The zero-order chi connectivity index (χ0) is 16.2. The van der Waals surface area contributed by atoms with E-state index in [0.29, 0.717) is 12.5 Å². The van der Waals surface area contributed by atoms with Crippen LogP contribution in [-0.2, 0) is 0 Å². The summed E-state index contributed by atoms with van der Waals surface area (Å²) in [4.78, 5) is 0. The van der Waals surface area contributed by atoms with Gasteiger partial charge in [0.2, 0.25) is 0 Å². The number of piperidine rings is 1. The molecule has 0 aliphatic carbocycles. The van der Waals surface area contributed by atoms with Crippen LogP contribution in [-0.4, -0.2) is 41.1 Å². The lowest BCUT2D eigenvalue weighted by Gasteiger charge is -2.36. The van der Waals surface area contributed by atoms with E-state index in [1.165, 1.54) is 11.1 Å². The molecule has 0 aromatic heterocycles. The number of rotatable bonds is 5. The Morgan fingerprint density at radius 1 is 1.50 bits per heavy atom. The number of hydroxylamine groups is 1. The summed E-state index contributed by atoms with van der Waals surface area (Å²) in [6.07, 6.45) is 6.32. The molecule has 1 saturated heterocycles. The Balaban J connectivity index is 1.94. The van der Waals surface area contributed by atoms with Crippen LogP contribution in [0.3, 0.4) is 0 Å². The van der Waals surface area contributed by atoms with Gasteiger partial charge in [0.1, 0.15) is 25.6 Å². The van der Waals surface area contributed by atoms with E-state index in [-0.39, 0.29) is 0 Å². The van der Waals surface area contributed by atoms with Crippen LogP contribution in [0, 0.1) is 12.8 Å². The molecule has 1 fully saturated rings. The molecule has 5 heteroatoms. The van der Waals surface area contributed by atoms with Gasteiger partial charge in [-0.15, -0.1) is 5.01 Å². The highest BCUT2D eigenvalue weighted by molar-refractivity contribution is 7.74. The van der Waals surface area contributed by atoms with Gasteiger partial charge in [-0.3, -0.25) is 0 Å². The number of thiol groups is 1. The number of nitrogens with zero attached hydrogens (tertiary/aromatic N) is 2. The van der Waals surface area contributed by atoms with E-state index in [1.54, 1.807) is 7.05 Å². The monoisotopic (exact) mass is 323 g/mol. The molecule has 0 radical (unpaired) electrons. The maximum atomic E-state index is 9.95. The van der Waals surface area contributed by atoms with Crippen molar-refractivity contribution < 1.29 is 14.1 Å². The Labute approximate surface area is 139 Å². The van der Waals surface area contributed by atoms with Crippen LogP contribution in [0.1, 0.15) is 30.9 Å². The van der Waals surface area contributed by atoms with Crippen molar-refractivity contribution in [1.29, 1.82) is 0 Å². The third-order valence-electron chi connectivity index (χ3n) is 4.12. The third-order valence-corrected chi connectivity index (χ3v) is 4.37. The largest absolute Gasteiger partial charge is 0.493 e. The second-order valence-electron chi connectivity index (χ2n) is 6.12. The predicted molar refractivity (Wildman–Crippen MR) is 92.6 cm³/mol. The fourth-order valence-corrected chi connectivity index (χ4v) is 2.97. The lowest BCUT2D eigenvalue weighted by molar-refractivity contribution is -1.07. The number of benzene rings is 1. The van der Waals surface area contributed by atoms with Crippen LogP contribution in [0.4, 0.5) is 0 Å².